The highest BCUT2D eigenvalue weighted by atomic mass is 32.2. The van der Waals surface area contributed by atoms with Crippen LogP contribution in [0.5, 0.6) is 5.75 Å². The van der Waals surface area contributed by atoms with Gasteiger partial charge >= 0.3 is 15.6 Å². The second-order valence-electron chi connectivity index (χ2n) is 5.12. The minimum atomic E-state index is -5.69. The van der Waals surface area contributed by atoms with Crippen LogP contribution in [0.1, 0.15) is 25.0 Å². The predicted molar refractivity (Wildman–Crippen MR) is 70.1 cm³/mol. The number of benzene rings is 1. The average molecular weight is 322 g/mol. The Morgan fingerprint density at radius 1 is 1.19 bits per heavy atom. The van der Waals surface area contributed by atoms with Crippen molar-refractivity contribution < 1.29 is 30.5 Å². The van der Waals surface area contributed by atoms with Gasteiger partial charge in [-0.15, -0.1) is 0 Å². The van der Waals surface area contributed by atoms with Crippen molar-refractivity contribution >= 4 is 15.9 Å². The summed E-state index contributed by atoms with van der Waals surface area (Å²) in [6.45, 7) is 3.48. The van der Waals surface area contributed by atoms with Crippen molar-refractivity contribution in [1.82, 2.24) is 0 Å². The van der Waals surface area contributed by atoms with Crippen LogP contribution >= 0.6 is 0 Å². The number of halogens is 3. The molecule has 21 heavy (non-hydrogen) atoms. The lowest BCUT2D eigenvalue weighted by Crippen LogP contribution is -2.24. The van der Waals surface area contributed by atoms with Gasteiger partial charge in [-0.25, -0.2) is 0 Å². The molecule has 0 amide bonds. The van der Waals surface area contributed by atoms with Crippen LogP contribution in [0.2, 0.25) is 0 Å². The van der Waals surface area contributed by atoms with Gasteiger partial charge in [0, 0.05) is 11.0 Å². The first-order chi connectivity index (χ1) is 9.48. The molecule has 0 spiro atoms. The molecular formula is C13H13F3O4S. The van der Waals surface area contributed by atoms with E-state index in [2.05, 4.69) is 4.18 Å². The third-order valence-corrected chi connectivity index (χ3v) is 4.13. The van der Waals surface area contributed by atoms with E-state index in [1.165, 1.54) is 25.3 Å². The summed E-state index contributed by atoms with van der Waals surface area (Å²) < 4.78 is 68.8. The predicted octanol–water partition coefficient (Wildman–Crippen LogP) is 3.19. The van der Waals surface area contributed by atoms with E-state index in [-0.39, 0.29) is 5.76 Å². The largest absolute Gasteiger partial charge is 0.534 e. The molecule has 0 saturated heterocycles. The third-order valence-electron chi connectivity index (χ3n) is 3.16. The second-order valence-corrected chi connectivity index (χ2v) is 6.66. The van der Waals surface area contributed by atoms with Crippen molar-refractivity contribution in [1.29, 1.82) is 0 Å². The second kappa shape index (κ2) is 4.66. The van der Waals surface area contributed by atoms with E-state index in [0.717, 1.165) is 0 Å². The molecule has 116 valence electrons. The first-order valence-corrected chi connectivity index (χ1v) is 7.31. The molecule has 0 aromatic heterocycles. The van der Waals surface area contributed by atoms with Gasteiger partial charge in [-0.1, -0.05) is 13.8 Å². The summed E-state index contributed by atoms with van der Waals surface area (Å²) in [5.74, 6) is 0.199. The van der Waals surface area contributed by atoms with Crippen molar-refractivity contribution in [2.45, 2.75) is 24.8 Å². The Labute approximate surface area is 120 Å². The molecule has 1 aliphatic rings. The fourth-order valence-electron chi connectivity index (χ4n) is 2.12. The number of methoxy groups -OCH3 is 1. The molecule has 0 bridgehead atoms. The summed E-state index contributed by atoms with van der Waals surface area (Å²) >= 11 is 0. The summed E-state index contributed by atoms with van der Waals surface area (Å²) in [5.41, 5.74) is -5.20. The summed E-state index contributed by atoms with van der Waals surface area (Å²) in [7, 11) is -4.23. The average Bonchev–Trinajstić information content (AvgIpc) is 2.58. The zero-order valence-electron chi connectivity index (χ0n) is 11.5. The van der Waals surface area contributed by atoms with Crippen molar-refractivity contribution in [3.63, 3.8) is 0 Å². The molecule has 1 aromatic carbocycles. The van der Waals surface area contributed by atoms with Crippen LogP contribution in [0.4, 0.5) is 13.2 Å². The Morgan fingerprint density at radius 3 is 2.33 bits per heavy atom. The number of alkyl halides is 3. The standard InChI is InChI=1S/C13H13F3O4S/c1-12(2)7-11(20-21(17,18)13(14,15)16)9-5-4-8(19-3)6-10(9)12/h4-7H,1-3H3. The van der Waals surface area contributed by atoms with Crippen LogP contribution in [-0.2, 0) is 19.7 Å². The van der Waals surface area contributed by atoms with Crippen molar-refractivity contribution in [3.8, 4) is 5.75 Å². The lowest BCUT2D eigenvalue weighted by atomic mass is 9.87. The Bertz CT molecular complexity index is 703. The molecule has 0 atom stereocenters. The fourth-order valence-corrected chi connectivity index (χ4v) is 2.58. The molecule has 8 heteroatoms. The summed E-state index contributed by atoms with van der Waals surface area (Å²) in [5, 5.41) is 0. The molecule has 0 fully saturated rings. The molecule has 4 nitrogen and oxygen atoms in total. The first-order valence-electron chi connectivity index (χ1n) is 5.90. The molecule has 1 aliphatic carbocycles. The number of fused-ring (bicyclic) bond motifs is 1. The van der Waals surface area contributed by atoms with Gasteiger partial charge < -0.3 is 8.92 Å². The van der Waals surface area contributed by atoms with E-state index >= 15 is 0 Å². The highest BCUT2D eigenvalue weighted by Crippen LogP contribution is 2.44. The van der Waals surface area contributed by atoms with Crippen LogP contribution in [0.15, 0.2) is 24.3 Å². The Hall–Kier alpha value is -1.70. The lowest BCUT2D eigenvalue weighted by molar-refractivity contribution is -0.0509. The van der Waals surface area contributed by atoms with Gasteiger partial charge in [0.25, 0.3) is 0 Å². The maximum absolute atomic E-state index is 12.4. The zero-order valence-corrected chi connectivity index (χ0v) is 12.3. The van der Waals surface area contributed by atoms with Gasteiger partial charge in [-0.05, 0) is 29.8 Å². The van der Waals surface area contributed by atoms with E-state index in [9.17, 15) is 21.6 Å². The minimum absolute atomic E-state index is 0.300. The topological polar surface area (TPSA) is 52.6 Å². The Morgan fingerprint density at radius 2 is 1.81 bits per heavy atom. The van der Waals surface area contributed by atoms with Gasteiger partial charge in [-0.2, -0.15) is 21.6 Å². The van der Waals surface area contributed by atoms with Crippen molar-refractivity contribution in [3.05, 3.63) is 35.4 Å². The third kappa shape index (κ3) is 2.72. The molecule has 0 N–H and O–H groups in total. The summed E-state index contributed by atoms with van der Waals surface area (Å²) in [4.78, 5) is 0. The summed E-state index contributed by atoms with van der Waals surface area (Å²) in [6.07, 6.45) is 1.35. The number of rotatable bonds is 3. The molecule has 2 rings (SSSR count). The van der Waals surface area contributed by atoms with Gasteiger partial charge in [0.15, 0.2) is 0 Å². The number of hydrogen-bond donors (Lipinski definition) is 0. The van der Waals surface area contributed by atoms with Crippen molar-refractivity contribution in [2.75, 3.05) is 7.11 Å². The van der Waals surface area contributed by atoms with E-state index in [1.807, 2.05) is 0 Å². The minimum Gasteiger partial charge on any atom is -0.497 e. The summed E-state index contributed by atoms with van der Waals surface area (Å²) in [6, 6.07) is 4.64. The Balaban J connectivity index is 2.47. The van der Waals surface area contributed by atoms with Crippen LogP contribution in [0.3, 0.4) is 0 Å². The lowest BCUT2D eigenvalue weighted by Gasteiger charge is -2.17. The van der Waals surface area contributed by atoms with Crippen LogP contribution in [0, 0.1) is 0 Å². The molecule has 1 aromatic rings. The zero-order chi connectivity index (χ0) is 16.1. The van der Waals surface area contributed by atoms with Gasteiger partial charge in [-0.3, -0.25) is 0 Å². The van der Waals surface area contributed by atoms with E-state index in [0.29, 0.717) is 16.9 Å². The van der Waals surface area contributed by atoms with Crippen LogP contribution in [-0.4, -0.2) is 21.0 Å². The van der Waals surface area contributed by atoms with Crippen LogP contribution < -0.4 is 4.74 Å². The van der Waals surface area contributed by atoms with E-state index in [1.54, 1.807) is 19.9 Å². The van der Waals surface area contributed by atoms with E-state index in [4.69, 9.17) is 4.74 Å². The molecule has 0 unspecified atom stereocenters. The highest BCUT2D eigenvalue weighted by molar-refractivity contribution is 7.87. The smallest absolute Gasteiger partial charge is 0.497 e. The monoisotopic (exact) mass is 322 g/mol. The van der Waals surface area contributed by atoms with E-state index < -0.39 is 21.0 Å². The molecule has 0 aliphatic heterocycles. The molecule has 0 radical (unpaired) electrons. The Kier molecular flexibility index (Phi) is 3.48. The van der Waals surface area contributed by atoms with Crippen LogP contribution in [0.25, 0.3) is 5.76 Å². The highest BCUT2D eigenvalue weighted by Gasteiger charge is 2.50. The first kappa shape index (κ1) is 15.7. The number of allylic oxidation sites excluding steroid dienone is 1. The molecule has 0 saturated carbocycles. The maximum Gasteiger partial charge on any atom is 0.534 e. The van der Waals surface area contributed by atoms with Gasteiger partial charge in [0.05, 0.1) is 7.11 Å². The molecule has 0 heterocycles. The fraction of sp³-hybridized carbons (Fsp3) is 0.385. The van der Waals surface area contributed by atoms with Crippen molar-refractivity contribution in [2.24, 2.45) is 0 Å². The SMILES string of the molecule is COc1ccc2c(c1)C(C)(C)C=C2OS(=O)(=O)C(F)(F)F. The molecular weight excluding hydrogens is 309 g/mol. The number of ether oxygens (including phenoxy) is 1. The van der Waals surface area contributed by atoms with Gasteiger partial charge in [0.2, 0.25) is 0 Å². The normalized spacial score (nSPS) is 17.1. The quantitative estimate of drug-likeness (QED) is 0.633. The number of hydrogen-bond acceptors (Lipinski definition) is 4. The van der Waals surface area contributed by atoms with Gasteiger partial charge in [0.1, 0.15) is 11.5 Å². The maximum atomic E-state index is 12.4.